The van der Waals surface area contributed by atoms with Crippen molar-refractivity contribution in [1.82, 2.24) is 4.98 Å². The summed E-state index contributed by atoms with van der Waals surface area (Å²) in [4.78, 5) is 8.08. The molecule has 7 heteroatoms. The summed E-state index contributed by atoms with van der Waals surface area (Å²) in [6.07, 6.45) is 4.38. The molecule has 0 spiro atoms. The second-order valence-electron chi connectivity index (χ2n) is 7.18. The summed E-state index contributed by atoms with van der Waals surface area (Å²) in [7, 11) is 1.58. The molecule has 2 aromatic carbocycles. The highest BCUT2D eigenvalue weighted by atomic mass is 19.1. The molecule has 5 nitrogen and oxygen atoms in total. The number of benzene rings is 2. The van der Waals surface area contributed by atoms with Gasteiger partial charge < -0.3 is 20.8 Å². The van der Waals surface area contributed by atoms with Crippen LogP contribution >= 0.6 is 0 Å². The van der Waals surface area contributed by atoms with E-state index in [1.165, 1.54) is 12.1 Å². The number of fused-ring (bicyclic) bond motifs is 6. The van der Waals surface area contributed by atoms with E-state index in [1.54, 1.807) is 19.3 Å². The summed E-state index contributed by atoms with van der Waals surface area (Å²) >= 11 is 0. The van der Waals surface area contributed by atoms with Gasteiger partial charge in [-0.2, -0.15) is 0 Å². The number of allylic oxidation sites excluding steroid dienone is 1. The van der Waals surface area contributed by atoms with Gasteiger partial charge in [0.2, 0.25) is 0 Å². The van der Waals surface area contributed by atoms with Gasteiger partial charge in [-0.05, 0) is 37.2 Å². The number of nitrogens with one attached hydrogen (secondary N) is 2. The molecule has 0 fully saturated rings. The Morgan fingerprint density at radius 1 is 1.31 bits per heavy atom. The summed E-state index contributed by atoms with van der Waals surface area (Å²) in [5.41, 5.74) is 10.1. The normalized spacial score (nSPS) is 13.9. The van der Waals surface area contributed by atoms with Crippen molar-refractivity contribution in [2.75, 3.05) is 25.5 Å². The predicted molar refractivity (Wildman–Crippen MR) is 111 cm³/mol. The van der Waals surface area contributed by atoms with Crippen molar-refractivity contribution in [3.05, 3.63) is 46.1 Å². The number of rotatable bonds is 5. The van der Waals surface area contributed by atoms with Gasteiger partial charge in [0.1, 0.15) is 17.0 Å². The SMILES string of the molecule is COc1c2c(c(NCCCN)c3c4c([nH]c13)=CCC(F)=C4)-c1cc(F)ccc1N=2. The topological polar surface area (TPSA) is 75.4 Å². The first kappa shape index (κ1) is 17.9. The van der Waals surface area contributed by atoms with E-state index in [0.717, 1.165) is 39.5 Å². The van der Waals surface area contributed by atoms with Crippen LogP contribution in [0.2, 0.25) is 0 Å². The lowest BCUT2D eigenvalue weighted by Crippen LogP contribution is -2.14. The molecular formula is C22H20F2N4O. The summed E-state index contributed by atoms with van der Waals surface area (Å²) in [5, 5.41) is 5.73. The molecule has 2 aliphatic rings. The molecule has 148 valence electrons. The van der Waals surface area contributed by atoms with E-state index < -0.39 is 0 Å². The molecule has 2 heterocycles. The molecule has 0 amide bonds. The molecule has 0 saturated carbocycles. The standard InChI is InChI=1S/C22H20F2N4O/c1-29-22-20-17(13-9-11(23)3-5-15(13)27-20)19(26-8-2-7-25)18-14-10-12(24)4-6-16(14)28-21(18)22/h3,5-6,9-10,26,28H,2,4,7-8,25H2,1H3. The first-order valence-electron chi connectivity index (χ1n) is 9.57. The van der Waals surface area contributed by atoms with E-state index >= 15 is 0 Å². The summed E-state index contributed by atoms with van der Waals surface area (Å²) < 4.78 is 33.9. The van der Waals surface area contributed by atoms with Crippen LogP contribution in [0.25, 0.3) is 34.2 Å². The van der Waals surface area contributed by atoms with Crippen LogP contribution in [0, 0.1) is 5.82 Å². The van der Waals surface area contributed by atoms with Crippen LogP contribution in [-0.2, 0) is 0 Å². The van der Waals surface area contributed by atoms with E-state index in [9.17, 15) is 8.78 Å². The Kier molecular flexibility index (Phi) is 4.13. The quantitative estimate of drug-likeness (QED) is 0.454. The molecule has 1 aliphatic carbocycles. The van der Waals surface area contributed by atoms with Crippen molar-refractivity contribution in [3.63, 3.8) is 0 Å². The molecule has 0 radical (unpaired) electrons. The highest BCUT2D eigenvalue weighted by Gasteiger charge is 2.28. The van der Waals surface area contributed by atoms with Crippen molar-refractivity contribution in [1.29, 1.82) is 0 Å². The Balaban J connectivity index is 1.92. The zero-order chi connectivity index (χ0) is 20.1. The van der Waals surface area contributed by atoms with Crippen molar-refractivity contribution in [2.24, 2.45) is 10.7 Å². The molecule has 1 aromatic heterocycles. The number of nitrogens with two attached hydrogens (primary N) is 1. The number of methoxy groups -OCH3 is 1. The van der Waals surface area contributed by atoms with Gasteiger partial charge in [0.15, 0.2) is 5.75 Å². The minimum atomic E-state index is -0.339. The largest absolute Gasteiger partial charge is 0.492 e. The lowest BCUT2D eigenvalue weighted by atomic mass is 9.97. The molecule has 4 N–H and O–H groups in total. The lowest BCUT2D eigenvalue weighted by Gasteiger charge is -2.15. The number of H-pyrrole nitrogens is 1. The van der Waals surface area contributed by atoms with E-state index in [4.69, 9.17) is 15.5 Å². The fourth-order valence-electron chi connectivity index (χ4n) is 4.15. The Morgan fingerprint density at radius 2 is 2.17 bits per heavy atom. The number of aromatic nitrogens is 1. The van der Waals surface area contributed by atoms with Crippen molar-refractivity contribution >= 4 is 34.4 Å². The molecular weight excluding hydrogens is 374 g/mol. The number of aromatic amines is 1. The molecule has 0 saturated heterocycles. The third-order valence-electron chi connectivity index (χ3n) is 5.40. The van der Waals surface area contributed by atoms with Gasteiger partial charge in [-0.15, -0.1) is 0 Å². The number of anilines is 1. The Morgan fingerprint density at radius 3 is 2.97 bits per heavy atom. The molecule has 0 bridgehead atoms. The molecule has 1 aliphatic heterocycles. The Hall–Kier alpha value is -3.19. The summed E-state index contributed by atoms with van der Waals surface area (Å²) in [6, 6.07) is 4.53. The first-order chi connectivity index (χ1) is 14.1. The minimum absolute atomic E-state index is 0.207. The van der Waals surface area contributed by atoms with E-state index in [2.05, 4.69) is 10.3 Å². The maximum absolute atomic E-state index is 14.1. The van der Waals surface area contributed by atoms with Crippen LogP contribution < -0.4 is 26.5 Å². The Labute approximate surface area is 165 Å². The highest BCUT2D eigenvalue weighted by molar-refractivity contribution is 6.10. The molecule has 3 aromatic rings. The number of hydrogen-bond donors (Lipinski definition) is 3. The molecule has 5 rings (SSSR count). The second-order valence-corrected chi connectivity index (χ2v) is 7.18. The van der Waals surface area contributed by atoms with Crippen LogP contribution in [-0.4, -0.2) is 25.2 Å². The smallest absolute Gasteiger partial charge is 0.169 e. The second kappa shape index (κ2) is 6.70. The molecule has 0 atom stereocenters. The van der Waals surface area contributed by atoms with Gasteiger partial charge in [-0.1, -0.05) is 6.08 Å². The summed E-state index contributed by atoms with van der Waals surface area (Å²) in [5.74, 6) is 0.0173. The molecule has 29 heavy (non-hydrogen) atoms. The zero-order valence-corrected chi connectivity index (χ0v) is 15.9. The van der Waals surface area contributed by atoms with Crippen molar-refractivity contribution in [3.8, 4) is 16.9 Å². The van der Waals surface area contributed by atoms with Gasteiger partial charge >= 0.3 is 0 Å². The van der Waals surface area contributed by atoms with Crippen LogP contribution in [0.4, 0.5) is 20.2 Å². The highest BCUT2D eigenvalue weighted by Crippen LogP contribution is 2.44. The third-order valence-corrected chi connectivity index (χ3v) is 5.40. The van der Waals surface area contributed by atoms with E-state index in [0.29, 0.717) is 35.4 Å². The zero-order valence-electron chi connectivity index (χ0n) is 15.9. The maximum Gasteiger partial charge on any atom is 0.169 e. The van der Waals surface area contributed by atoms with E-state index in [1.807, 2.05) is 6.08 Å². The van der Waals surface area contributed by atoms with Gasteiger partial charge in [0.25, 0.3) is 0 Å². The van der Waals surface area contributed by atoms with Gasteiger partial charge in [0.05, 0.1) is 24.0 Å². The average Bonchev–Trinajstić information content (AvgIpc) is 3.26. The summed E-state index contributed by atoms with van der Waals surface area (Å²) in [6.45, 7) is 1.17. The number of nitrogens with zero attached hydrogens (tertiary/aromatic N) is 1. The van der Waals surface area contributed by atoms with E-state index in [-0.39, 0.29) is 18.1 Å². The van der Waals surface area contributed by atoms with Crippen LogP contribution in [0.5, 0.6) is 5.75 Å². The van der Waals surface area contributed by atoms with Gasteiger partial charge in [0, 0.05) is 40.4 Å². The van der Waals surface area contributed by atoms with Crippen LogP contribution in [0.1, 0.15) is 18.4 Å². The van der Waals surface area contributed by atoms with Crippen molar-refractivity contribution < 1.29 is 13.5 Å². The molecule has 0 unspecified atom stereocenters. The maximum atomic E-state index is 14.1. The van der Waals surface area contributed by atoms with Gasteiger partial charge in [-0.3, -0.25) is 0 Å². The van der Waals surface area contributed by atoms with Crippen LogP contribution in [0.15, 0.2) is 29.0 Å². The van der Waals surface area contributed by atoms with Crippen molar-refractivity contribution in [2.45, 2.75) is 12.8 Å². The first-order valence-corrected chi connectivity index (χ1v) is 9.57. The number of ether oxygens (including phenoxy) is 1. The fraction of sp³-hybridized carbons (Fsp3) is 0.227. The third kappa shape index (κ3) is 2.65. The van der Waals surface area contributed by atoms with Crippen LogP contribution in [0.3, 0.4) is 0 Å². The Bertz CT molecular complexity index is 1310. The number of hydrogen-bond acceptors (Lipinski definition) is 4. The fourth-order valence-corrected chi connectivity index (χ4v) is 4.15. The predicted octanol–water partition coefficient (Wildman–Crippen LogP) is 3.50. The monoisotopic (exact) mass is 394 g/mol. The lowest BCUT2D eigenvalue weighted by molar-refractivity contribution is 0.414. The van der Waals surface area contributed by atoms with Gasteiger partial charge in [-0.25, -0.2) is 13.8 Å². The minimum Gasteiger partial charge on any atom is -0.492 e. The average molecular weight is 394 g/mol. The number of halogens is 2.